The van der Waals surface area contributed by atoms with E-state index in [-0.39, 0.29) is 11.3 Å². The number of ketones is 1. The molecular weight excluding hydrogens is 236 g/mol. The second kappa shape index (κ2) is 5.81. The van der Waals surface area contributed by atoms with Crippen molar-refractivity contribution in [2.75, 3.05) is 21.2 Å². The monoisotopic (exact) mass is 250 g/mol. The van der Waals surface area contributed by atoms with Crippen LogP contribution in [0.4, 0.5) is 5.69 Å². The Morgan fingerprint density at radius 3 is 2.61 bits per heavy atom. The highest BCUT2D eigenvalue weighted by Gasteiger charge is 2.19. The largest absolute Gasteiger partial charge is 0.497 e. The lowest BCUT2D eigenvalue weighted by Gasteiger charge is -2.05. The van der Waals surface area contributed by atoms with Crippen molar-refractivity contribution in [1.29, 1.82) is 0 Å². The number of ether oxygens (including phenoxy) is 1. The predicted molar refractivity (Wildman–Crippen MR) is 66.8 cm³/mol. The van der Waals surface area contributed by atoms with Crippen LogP contribution in [-0.2, 0) is 0 Å². The Kier molecular flexibility index (Phi) is 4.42. The first kappa shape index (κ1) is 13.7. The number of allylic oxidation sites excluding steroid dienone is 1. The maximum absolute atomic E-state index is 11.9. The third-order valence-corrected chi connectivity index (χ3v) is 2.19. The molecule has 0 saturated carbocycles. The molecular formula is C12H14N2O4. The Morgan fingerprint density at radius 1 is 1.44 bits per heavy atom. The molecule has 1 rings (SSSR count). The number of nitro groups is 1. The number of rotatable bonds is 5. The van der Waals surface area contributed by atoms with Crippen molar-refractivity contribution in [3.63, 3.8) is 0 Å². The molecule has 1 aromatic carbocycles. The van der Waals surface area contributed by atoms with Crippen LogP contribution in [0.25, 0.3) is 0 Å². The van der Waals surface area contributed by atoms with Gasteiger partial charge in [0.15, 0.2) is 5.78 Å². The molecule has 0 radical (unpaired) electrons. The topological polar surface area (TPSA) is 72.7 Å². The average molecular weight is 250 g/mol. The van der Waals surface area contributed by atoms with Crippen molar-refractivity contribution in [3.05, 3.63) is 46.2 Å². The van der Waals surface area contributed by atoms with Gasteiger partial charge in [-0.15, -0.1) is 0 Å². The third-order valence-electron chi connectivity index (χ3n) is 2.19. The smallest absolute Gasteiger partial charge is 0.280 e. The van der Waals surface area contributed by atoms with Gasteiger partial charge in [-0.3, -0.25) is 14.9 Å². The lowest BCUT2D eigenvalue weighted by Crippen LogP contribution is -2.05. The minimum atomic E-state index is -0.587. The number of carbonyl (C=O) groups is 1. The van der Waals surface area contributed by atoms with Crippen LogP contribution in [0, 0.1) is 10.1 Å². The first-order chi connectivity index (χ1) is 8.45. The lowest BCUT2D eigenvalue weighted by atomic mass is 10.1. The van der Waals surface area contributed by atoms with Crippen LogP contribution >= 0.6 is 0 Å². The molecule has 0 heterocycles. The van der Waals surface area contributed by atoms with Gasteiger partial charge >= 0.3 is 0 Å². The van der Waals surface area contributed by atoms with E-state index in [0.717, 1.165) is 0 Å². The highest BCUT2D eigenvalue weighted by Crippen LogP contribution is 2.24. The zero-order valence-corrected chi connectivity index (χ0v) is 10.4. The summed E-state index contributed by atoms with van der Waals surface area (Å²) in [5, 5.41) is 10.8. The Morgan fingerprint density at radius 2 is 2.11 bits per heavy atom. The van der Waals surface area contributed by atoms with Crippen LogP contribution in [0.1, 0.15) is 10.4 Å². The molecule has 1 aromatic rings. The second-order valence-electron chi connectivity index (χ2n) is 3.78. The second-order valence-corrected chi connectivity index (χ2v) is 3.78. The summed E-state index contributed by atoms with van der Waals surface area (Å²) in [6.07, 6.45) is 2.81. The molecule has 0 N–H and O–H groups in total. The van der Waals surface area contributed by atoms with Crippen molar-refractivity contribution in [3.8, 4) is 5.75 Å². The SMILES string of the molecule is COc1ccc([N+](=O)[O-])c(C(=O)/C=C/N(C)C)c1. The highest BCUT2D eigenvalue weighted by atomic mass is 16.6. The van der Waals surface area contributed by atoms with Crippen LogP contribution < -0.4 is 4.74 Å². The first-order valence-corrected chi connectivity index (χ1v) is 5.17. The van der Waals surface area contributed by atoms with Gasteiger partial charge in [0.05, 0.1) is 12.0 Å². The summed E-state index contributed by atoms with van der Waals surface area (Å²) >= 11 is 0. The molecule has 0 aromatic heterocycles. The van der Waals surface area contributed by atoms with Gasteiger partial charge in [-0.25, -0.2) is 0 Å². The van der Waals surface area contributed by atoms with Gasteiger partial charge in [-0.2, -0.15) is 0 Å². The highest BCUT2D eigenvalue weighted by molar-refractivity contribution is 6.07. The third kappa shape index (κ3) is 3.31. The molecule has 0 bridgehead atoms. The zero-order valence-electron chi connectivity index (χ0n) is 10.4. The maximum atomic E-state index is 11.9. The summed E-state index contributed by atoms with van der Waals surface area (Å²) in [5.41, 5.74) is -0.221. The zero-order chi connectivity index (χ0) is 13.7. The predicted octanol–water partition coefficient (Wildman–Crippen LogP) is 1.86. The Labute approximate surface area is 105 Å². The number of hydrogen-bond acceptors (Lipinski definition) is 5. The van der Waals surface area contributed by atoms with Gasteiger partial charge in [0.1, 0.15) is 11.3 Å². The van der Waals surface area contributed by atoms with Crippen molar-refractivity contribution in [1.82, 2.24) is 4.90 Å². The molecule has 0 aliphatic heterocycles. The molecule has 0 unspecified atom stereocenters. The summed E-state index contributed by atoms with van der Waals surface area (Å²) < 4.78 is 4.96. The molecule has 96 valence electrons. The van der Waals surface area contributed by atoms with Crippen molar-refractivity contribution < 1.29 is 14.5 Å². The van der Waals surface area contributed by atoms with Gasteiger partial charge < -0.3 is 9.64 Å². The van der Waals surface area contributed by atoms with E-state index in [0.29, 0.717) is 5.75 Å². The van der Waals surface area contributed by atoms with Gasteiger partial charge in [0, 0.05) is 32.4 Å². The molecule has 0 aliphatic carbocycles. The molecule has 0 spiro atoms. The fourth-order valence-corrected chi connectivity index (χ4v) is 1.31. The van der Waals surface area contributed by atoms with Crippen LogP contribution in [0.3, 0.4) is 0 Å². The van der Waals surface area contributed by atoms with Crippen molar-refractivity contribution >= 4 is 11.5 Å². The van der Waals surface area contributed by atoms with Crippen LogP contribution in [0.5, 0.6) is 5.75 Å². The molecule has 0 amide bonds. The number of nitro benzene ring substituents is 1. The fraction of sp³-hybridized carbons (Fsp3) is 0.250. The van der Waals surface area contributed by atoms with E-state index in [1.54, 1.807) is 19.0 Å². The van der Waals surface area contributed by atoms with Crippen molar-refractivity contribution in [2.24, 2.45) is 0 Å². The molecule has 6 heteroatoms. The quantitative estimate of drug-likeness (QED) is 0.345. The van der Waals surface area contributed by atoms with E-state index in [1.807, 2.05) is 0 Å². The van der Waals surface area contributed by atoms with Crippen LogP contribution in [0.15, 0.2) is 30.5 Å². The van der Waals surface area contributed by atoms with Crippen molar-refractivity contribution in [2.45, 2.75) is 0 Å². The van der Waals surface area contributed by atoms with E-state index < -0.39 is 10.7 Å². The standard InChI is InChI=1S/C12H14N2O4/c1-13(2)7-6-12(15)10-8-9(18-3)4-5-11(10)14(16)17/h4-8H,1-3H3/b7-6+. The Balaban J connectivity index is 3.19. The summed E-state index contributed by atoms with van der Waals surface area (Å²) in [6.45, 7) is 0. The molecule has 0 fully saturated rings. The number of hydrogen-bond donors (Lipinski definition) is 0. The van der Waals surface area contributed by atoms with Crippen LogP contribution in [0.2, 0.25) is 0 Å². The van der Waals surface area contributed by atoms with Gasteiger partial charge in [0.2, 0.25) is 0 Å². The number of carbonyl (C=O) groups excluding carboxylic acids is 1. The Hall–Kier alpha value is -2.37. The normalized spacial score (nSPS) is 10.4. The van der Waals surface area contributed by atoms with E-state index in [1.165, 1.54) is 37.6 Å². The summed E-state index contributed by atoms with van der Waals surface area (Å²) in [6, 6.07) is 4.07. The van der Waals surface area contributed by atoms with Gasteiger partial charge in [-0.05, 0) is 12.1 Å². The molecule has 6 nitrogen and oxygen atoms in total. The van der Waals surface area contributed by atoms with Gasteiger partial charge in [0.25, 0.3) is 5.69 Å². The van der Waals surface area contributed by atoms with E-state index >= 15 is 0 Å². The van der Waals surface area contributed by atoms with Gasteiger partial charge in [-0.1, -0.05) is 0 Å². The molecule has 0 atom stereocenters. The summed E-state index contributed by atoms with van der Waals surface area (Å²) in [5.74, 6) is -0.0310. The average Bonchev–Trinajstić information content (AvgIpc) is 2.34. The Bertz CT molecular complexity index is 495. The lowest BCUT2D eigenvalue weighted by molar-refractivity contribution is -0.385. The fourth-order valence-electron chi connectivity index (χ4n) is 1.31. The number of nitrogens with zero attached hydrogens (tertiary/aromatic N) is 2. The first-order valence-electron chi connectivity index (χ1n) is 5.17. The molecule has 0 saturated heterocycles. The van der Waals surface area contributed by atoms with E-state index in [2.05, 4.69) is 0 Å². The number of benzene rings is 1. The van der Waals surface area contributed by atoms with Crippen LogP contribution in [-0.4, -0.2) is 36.8 Å². The molecule has 0 aliphatic rings. The number of methoxy groups -OCH3 is 1. The van der Waals surface area contributed by atoms with E-state index in [4.69, 9.17) is 4.74 Å². The summed E-state index contributed by atoms with van der Waals surface area (Å²) in [7, 11) is 4.94. The molecule has 18 heavy (non-hydrogen) atoms. The summed E-state index contributed by atoms with van der Waals surface area (Å²) in [4.78, 5) is 23.8. The minimum absolute atomic E-state index is 0.0115. The van der Waals surface area contributed by atoms with E-state index in [9.17, 15) is 14.9 Å². The minimum Gasteiger partial charge on any atom is -0.497 e. The maximum Gasteiger partial charge on any atom is 0.280 e.